The summed E-state index contributed by atoms with van der Waals surface area (Å²) in [6, 6.07) is 5.24. The molecular weight excluding hydrogens is 426 g/mol. The Labute approximate surface area is 166 Å². The molecule has 8 heteroatoms. The van der Waals surface area contributed by atoms with E-state index in [1.54, 1.807) is 26.0 Å². The Hall–Kier alpha value is -1.60. The molecule has 0 aromatic heterocycles. The van der Waals surface area contributed by atoms with Crippen molar-refractivity contribution in [3.63, 3.8) is 0 Å². The number of carbonyl (C=O) groups is 3. The molecule has 1 N–H and O–H groups in total. The highest BCUT2D eigenvalue weighted by Gasteiger charge is 2.50. The normalized spacial score (nSPS) is 11.0. The van der Waals surface area contributed by atoms with Crippen LogP contribution in [0.4, 0.5) is 0 Å². The summed E-state index contributed by atoms with van der Waals surface area (Å²) in [7, 11) is 0. The fourth-order valence-electron chi connectivity index (χ4n) is 2.57. The van der Waals surface area contributed by atoms with Gasteiger partial charge in [-0.15, -0.1) is 0 Å². The summed E-state index contributed by atoms with van der Waals surface area (Å²) in [5, 5.41) is 3.61. The van der Waals surface area contributed by atoms with Crippen molar-refractivity contribution in [1.29, 1.82) is 0 Å². The number of alkyl halides is 1. The number of hydrogen-bond acceptors (Lipinski definition) is 5. The molecule has 26 heavy (non-hydrogen) atoms. The van der Waals surface area contributed by atoms with E-state index in [2.05, 4.69) is 21.2 Å². The maximum absolute atomic E-state index is 12.7. The van der Waals surface area contributed by atoms with E-state index in [9.17, 15) is 14.4 Å². The summed E-state index contributed by atoms with van der Waals surface area (Å²) in [4.78, 5) is 37.2. The number of hydrogen-bond donors (Lipinski definition) is 1. The number of ether oxygens (including phenoxy) is 2. The average Bonchev–Trinajstić information content (AvgIpc) is 2.56. The number of carbonyl (C=O) groups excluding carboxylic acids is 3. The van der Waals surface area contributed by atoms with Crippen LogP contribution in [0.2, 0.25) is 5.02 Å². The van der Waals surface area contributed by atoms with Crippen molar-refractivity contribution in [3.8, 4) is 0 Å². The van der Waals surface area contributed by atoms with Gasteiger partial charge in [0, 0.05) is 23.7 Å². The molecule has 0 saturated heterocycles. The van der Waals surface area contributed by atoms with E-state index < -0.39 is 23.4 Å². The first-order chi connectivity index (χ1) is 12.3. The quantitative estimate of drug-likeness (QED) is 0.357. The summed E-state index contributed by atoms with van der Waals surface area (Å²) in [6.07, 6.45) is 0.543. The maximum atomic E-state index is 12.7. The minimum absolute atomic E-state index is 0.0589. The van der Waals surface area contributed by atoms with Crippen LogP contribution in [0, 0.1) is 0 Å². The molecule has 0 aliphatic heterocycles. The predicted molar refractivity (Wildman–Crippen MR) is 102 cm³/mol. The lowest BCUT2D eigenvalue weighted by atomic mass is 9.87. The maximum Gasteiger partial charge on any atom is 0.344 e. The number of aryl methyl sites for hydroxylation is 1. The van der Waals surface area contributed by atoms with Gasteiger partial charge in [0.2, 0.25) is 11.4 Å². The number of amides is 1. The first-order valence-electron chi connectivity index (χ1n) is 8.27. The third kappa shape index (κ3) is 5.71. The Morgan fingerprint density at radius 1 is 1.12 bits per heavy atom. The minimum Gasteiger partial charge on any atom is -0.464 e. The SMILES string of the molecule is CCOC(=O)C(Cc1cc(Cl)ccc1CCBr)(NC(C)=O)C(=O)OCC. The molecule has 0 atom stereocenters. The average molecular weight is 449 g/mol. The van der Waals surface area contributed by atoms with Gasteiger partial charge in [-0.3, -0.25) is 4.79 Å². The Balaban J connectivity index is 3.47. The van der Waals surface area contributed by atoms with Crippen LogP contribution in [0.5, 0.6) is 0 Å². The van der Waals surface area contributed by atoms with Crippen LogP contribution in [0.3, 0.4) is 0 Å². The number of rotatable bonds is 9. The zero-order valence-electron chi connectivity index (χ0n) is 15.1. The predicted octanol–water partition coefficient (Wildman–Crippen LogP) is 2.82. The minimum atomic E-state index is -1.97. The fraction of sp³-hybridized carbons (Fsp3) is 0.500. The monoisotopic (exact) mass is 447 g/mol. The molecule has 0 unspecified atom stereocenters. The van der Waals surface area contributed by atoms with E-state index in [0.29, 0.717) is 22.3 Å². The Morgan fingerprint density at radius 3 is 2.15 bits per heavy atom. The molecule has 6 nitrogen and oxygen atoms in total. The van der Waals surface area contributed by atoms with Crippen LogP contribution >= 0.6 is 27.5 Å². The molecule has 1 amide bonds. The zero-order chi connectivity index (χ0) is 19.7. The lowest BCUT2D eigenvalue weighted by molar-refractivity contribution is -0.168. The van der Waals surface area contributed by atoms with Crippen molar-refractivity contribution in [2.24, 2.45) is 0 Å². The van der Waals surface area contributed by atoms with Gasteiger partial charge in [0.05, 0.1) is 13.2 Å². The van der Waals surface area contributed by atoms with Gasteiger partial charge in [-0.25, -0.2) is 9.59 Å². The first kappa shape index (κ1) is 22.4. The van der Waals surface area contributed by atoms with Crippen LogP contribution in [-0.4, -0.2) is 41.9 Å². The Morgan fingerprint density at radius 2 is 1.69 bits per heavy atom. The molecular formula is C18H23BrClNO5. The standard InChI is InChI=1S/C18H23BrClNO5/c1-4-25-16(23)18(21-12(3)22,17(24)26-5-2)11-14-10-15(20)7-6-13(14)8-9-19/h6-7,10H,4-5,8-9,11H2,1-3H3,(H,21,22). The van der Waals surface area contributed by atoms with Crippen LogP contribution in [0.25, 0.3) is 0 Å². The van der Waals surface area contributed by atoms with E-state index in [4.69, 9.17) is 21.1 Å². The lowest BCUT2D eigenvalue weighted by Crippen LogP contribution is -2.62. The van der Waals surface area contributed by atoms with Gasteiger partial charge < -0.3 is 14.8 Å². The van der Waals surface area contributed by atoms with Crippen molar-refractivity contribution < 1.29 is 23.9 Å². The molecule has 0 bridgehead atoms. The number of halogens is 2. The van der Waals surface area contributed by atoms with Gasteiger partial charge in [-0.1, -0.05) is 33.6 Å². The van der Waals surface area contributed by atoms with Crippen molar-refractivity contribution in [2.75, 3.05) is 18.5 Å². The van der Waals surface area contributed by atoms with Gasteiger partial charge in [-0.05, 0) is 43.5 Å². The molecule has 1 rings (SSSR count). The number of benzene rings is 1. The van der Waals surface area contributed by atoms with Gasteiger partial charge in [-0.2, -0.15) is 0 Å². The Kier molecular flexibility index (Phi) is 9.08. The Bertz CT molecular complexity index is 647. The zero-order valence-corrected chi connectivity index (χ0v) is 17.4. The smallest absolute Gasteiger partial charge is 0.344 e. The summed E-state index contributed by atoms with van der Waals surface area (Å²) in [5.41, 5.74) is -0.412. The fourth-order valence-corrected chi connectivity index (χ4v) is 3.20. The molecule has 0 radical (unpaired) electrons. The van der Waals surface area contributed by atoms with E-state index in [0.717, 1.165) is 5.56 Å². The molecule has 144 valence electrons. The van der Waals surface area contributed by atoms with Gasteiger partial charge in [0.25, 0.3) is 0 Å². The summed E-state index contributed by atoms with van der Waals surface area (Å²) in [6.45, 7) is 4.59. The first-order valence-corrected chi connectivity index (χ1v) is 9.77. The van der Waals surface area contributed by atoms with Crippen molar-refractivity contribution in [2.45, 2.75) is 39.2 Å². The van der Waals surface area contributed by atoms with Crippen LogP contribution in [-0.2, 0) is 36.7 Å². The largest absolute Gasteiger partial charge is 0.464 e. The molecule has 0 heterocycles. The summed E-state index contributed by atoms with van der Waals surface area (Å²) in [5.74, 6) is -2.27. The highest BCUT2D eigenvalue weighted by molar-refractivity contribution is 9.09. The molecule has 0 aliphatic carbocycles. The van der Waals surface area contributed by atoms with Crippen molar-refractivity contribution >= 4 is 45.4 Å². The van der Waals surface area contributed by atoms with E-state index >= 15 is 0 Å². The van der Waals surface area contributed by atoms with E-state index in [-0.39, 0.29) is 19.6 Å². The second-order valence-electron chi connectivity index (χ2n) is 5.56. The van der Waals surface area contributed by atoms with Gasteiger partial charge in [0.1, 0.15) is 0 Å². The highest BCUT2D eigenvalue weighted by Crippen LogP contribution is 2.25. The number of esters is 2. The molecule has 1 aromatic rings. The third-order valence-electron chi connectivity index (χ3n) is 3.62. The summed E-state index contributed by atoms with van der Waals surface area (Å²) < 4.78 is 10.2. The van der Waals surface area contributed by atoms with E-state index in [1.165, 1.54) is 6.92 Å². The molecule has 0 fully saturated rings. The molecule has 1 aromatic carbocycles. The van der Waals surface area contributed by atoms with Crippen molar-refractivity contribution in [3.05, 3.63) is 34.3 Å². The second kappa shape index (κ2) is 10.5. The summed E-state index contributed by atoms with van der Waals surface area (Å²) >= 11 is 9.48. The second-order valence-corrected chi connectivity index (χ2v) is 6.79. The van der Waals surface area contributed by atoms with Crippen LogP contribution in [0.1, 0.15) is 31.9 Å². The topological polar surface area (TPSA) is 81.7 Å². The highest BCUT2D eigenvalue weighted by atomic mass is 79.9. The van der Waals surface area contributed by atoms with Gasteiger partial charge in [0.15, 0.2) is 0 Å². The molecule has 0 spiro atoms. The molecule has 0 aliphatic rings. The lowest BCUT2D eigenvalue weighted by Gasteiger charge is -2.30. The third-order valence-corrected chi connectivity index (χ3v) is 4.26. The van der Waals surface area contributed by atoms with Crippen LogP contribution in [0.15, 0.2) is 18.2 Å². The van der Waals surface area contributed by atoms with Crippen molar-refractivity contribution in [1.82, 2.24) is 5.32 Å². The molecule has 0 saturated carbocycles. The van der Waals surface area contributed by atoms with E-state index in [1.807, 2.05) is 6.07 Å². The van der Waals surface area contributed by atoms with Gasteiger partial charge >= 0.3 is 11.9 Å². The van der Waals surface area contributed by atoms with Crippen LogP contribution < -0.4 is 5.32 Å². The number of nitrogens with one attached hydrogen (secondary N) is 1.